The second kappa shape index (κ2) is 7.24. The fraction of sp³-hybridized carbons (Fsp3) is 0.538. The number of benzene rings is 1. The number of rotatable bonds is 7. The number of hydrogen-bond donors (Lipinski definition) is 1. The van der Waals surface area contributed by atoms with E-state index in [2.05, 4.69) is 0 Å². The second-order valence-electron chi connectivity index (χ2n) is 4.46. The first-order valence-corrected chi connectivity index (χ1v) is 8.20. The molecule has 1 aromatic rings. The summed E-state index contributed by atoms with van der Waals surface area (Å²) in [6, 6.07) is 6.91. The Balaban J connectivity index is 2.82. The Hall–Kier alpha value is -0.620. The highest BCUT2D eigenvalue weighted by molar-refractivity contribution is 7.89. The Morgan fingerprint density at radius 3 is 2.53 bits per heavy atom. The van der Waals surface area contributed by atoms with Crippen LogP contribution < -0.4 is 0 Å². The molecule has 19 heavy (non-hydrogen) atoms. The summed E-state index contributed by atoms with van der Waals surface area (Å²) in [5, 5.41) is 9.26. The summed E-state index contributed by atoms with van der Waals surface area (Å²) < 4.78 is 25.6. The molecule has 1 N–H and O–H groups in total. The molecule has 0 bridgehead atoms. The molecule has 1 rings (SSSR count). The molecule has 1 atom stereocenters. The monoisotopic (exact) mass is 305 g/mol. The lowest BCUT2D eigenvalue weighted by atomic mass is 10.1. The molecule has 0 fully saturated rings. The zero-order valence-electron chi connectivity index (χ0n) is 11.2. The lowest BCUT2D eigenvalue weighted by Gasteiger charge is -2.25. The predicted molar refractivity (Wildman–Crippen MR) is 77.7 cm³/mol. The van der Waals surface area contributed by atoms with E-state index in [1.807, 2.05) is 25.1 Å². The standard InChI is InChI=1S/C13H20ClNO3S/c1-11(12-7-3-4-8-13(12)14)15(2)19(17,18)10-6-5-9-16/h3-4,7-8,11,16H,5-6,9-10H2,1-2H3. The molecule has 0 aromatic heterocycles. The predicted octanol–water partition coefficient (Wildman–Crippen LogP) is 2.44. The van der Waals surface area contributed by atoms with Gasteiger partial charge in [0.1, 0.15) is 0 Å². The first-order chi connectivity index (χ1) is 8.90. The van der Waals surface area contributed by atoms with E-state index in [9.17, 15) is 8.42 Å². The lowest BCUT2D eigenvalue weighted by Crippen LogP contribution is -2.32. The SMILES string of the molecule is CC(c1ccccc1Cl)N(C)S(=O)(=O)CCCCO. The van der Waals surface area contributed by atoms with Gasteiger partial charge in [-0.25, -0.2) is 8.42 Å². The quantitative estimate of drug-likeness (QED) is 0.787. The molecule has 0 heterocycles. The van der Waals surface area contributed by atoms with E-state index in [1.165, 1.54) is 4.31 Å². The number of aliphatic hydroxyl groups is 1. The molecule has 0 radical (unpaired) electrons. The van der Waals surface area contributed by atoms with Gasteiger partial charge in [0.15, 0.2) is 0 Å². The van der Waals surface area contributed by atoms with Crippen LogP contribution in [0.15, 0.2) is 24.3 Å². The van der Waals surface area contributed by atoms with Crippen LogP contribution in [0.25, 0.3) is 0 Å². The van der Waals surface area contributed by atoms with Crippen molar-refractivity contribution in [3.05, 3.63) is 34.9 Å². The topological polar surface area (TPSA) is 57.6 Å². The number of hydrogen-bond acceptors (Lipinski definition) is 3. The smallest absolute Gasteiger partial charge is 0.214 e. The number of halogens is 1. The maximum absolute atomic E-state index is 12.1. The second-order valence-corrected chi connectivity index (χ2v) is 7.02. The number of sulfonamides is 1. The van der Waals surface area contributed by atoms with E-state index in [0.29, 0.717) is 17.9 Å². The largest absolute Gasteiger partial charge is 0.396 e. The van der Waals surface area contributed by atoms with Gasteiger partial charge in [0.25, 0.3) is 0 Å². The van der Waals surface area contributed by atoms with Crippen LogP contribution in [0.3, 0.4) is 0 Å². The van der Waals surface area contributed by atoms with Gasteiger partial charge in [-0.2, -0.15) is 4.31 Å². The van der Waals surface area contributed by atoms with Gasteiger partial charge in [0.2, 0.25) is 10.0 Å². The molecule has 0 saturated carbocycles. The summed E-state index contributed by atoms with van der Waals surface area (Å²) in [6.07, 6.45) is 0.950. The van der Waals surface area contributed by atoms with Gasteiger partial charge in [0, 0.05) is 24.7 Å². The van der Waals surface area contributed by atoms with Crippen LogP contribution in [-0.4, -0.2) is 37.2 Å². The summed E-state index contributed by atoms with van der Waals surface area (Å²) >= 11 is 6.09. The van der Waals surface area contributed by atoms with E-state index < -0.39 is 10.0 Å². The summed E-state index contributed by atoms with van der Waals surface area (Å²) in [6.45, 7) is 1.82. The third-order valence-electron chi connectivity index (χ3n) is 3.15. The maximum atomic E-state index is 12.1. The molecule has 0 aliphatic heterocycles. The van der Waals surface area contributed by atoms with Crippen LogP contribution in [0.1, 0.15) is 31.4 Å². The first-order valence-electron chi connectivity index (χ1n) is 6.21. The molecule has 4 nitrogen and oxygen atoms in total. The lowest BCUT2D eigenvalue weighted by molar-refractivity contribution is 0.286. The zero-order chi connectivity index (χ0) is 14.5. The fourth-order valence-electron chi connectivity index (χ4n) is 1.79. The van der Waals surface area contributed by atoms with E-state index in [-0.39, 0.29) is 18.4 Å². The van der Waals surface area contributed by atoms with Crippen LogP contribution >= 0.6 is 11.6 Å². The molecule has 0 amide bonds. The summed E-state index contributed by atoms with van der Waals surface area (Å²) in [4.78, 5) is 0. The molecular formula is C13H20ClNO3S. The van der Waals surface area contributed by atoms with Crippen molar-refractivity contribution in [3.8, 4) is 0 Å². The molecule has 0 saturated heterocycles. The maximum Gasteiger partial charge on any atom is 0.214 e. The van der Waals surface area contributed by atoms with E-state index in [4.69, 9.17) is 16.7 Å². The minimum Gasteiger partial charge on any atom is -0.396 e. The van der Waals surface area contributed by atoms with Crippen LogP contribution in [0.2, 0.25) is 5.02 Å². The molecule has 108 valence electrons. The number of unbranched alkanes of at least 4 members (excludes halogenated alkanes) is 1. The molecule has 1 aromatic carbocycles. The van der Waals surface area contributed by atoms with Crippen LogP contribution in [0.5, 0.6) is 0 Å². The average Bonchev–Trinajstić information content (AvgIpc) is 2.38. The van der Waals surface area contributed by atoms with Gasteiger partial charge >= 0.3 is 0 Å². The summed E-state index contributed by atoms with van der Waals surface area (Å²) in [5.74, 6) is 0.0405. The Morgan fingerprint density at radius 1 is 1.32 bits per heavy atom. The van der Waals surface area contributed by atoms with Crippen molar-refractivity contribution in [1.82, 2.24) is 4.31 Å². The minimum absolute atomic E-state index is 0.0132. The van der Waals surface area contributed by atoms with Gasteiger partial charge in [-0.3, -0.25) is 0 Å². The highest BCUT2D eigenvalue weighted by atomic mass is 35.5. The Kier molecular flexibility index (Phi) is 6.26. The van der Waals surface area contributed by atoms with Gasteiger partial charge in [-0.1, -0.05) is 29.8 Å². The minimum atomic E-state index is -3.33. The van der Waals surface area contributed by atoms with Crippen molar-refractivity contribution in [2.24, 2.45) is 0 Å². The Labute approximate surface area is 120 Å². The van der Waals surface area contributed by atoms with Gasteiger partial charge < -0.3 is 5.11 Å². The van der Waals surface area contributed by atoms with Crippen molar-refractivity contribution >= 4 is 21.6 Å². The van der Waals surface area contributed by atoms with E-state index >= 15 is 0 Å². The number of aliphatic hydroxyl groups excluding tert-OH is 1. The zero-order valence-corrected chi connectivity index (χ0v) is 12.8. The summed E-state index contributed by atoms with van der Waals surface area (Å²) in [7, 11) is -1.78. The molecule has 0 aliphatic rings. The van der Waals surface area contributed by atoms with Crippen LogP contribution in [0, 0.1) is 0 Å². The van der Waals surface area contributed by atoms with E-state index in [0.717, 1.165) is 5.56 Å². The normalized spacial score (nSPS) is 13.7. The highest BCUT2D eigenvalue weighted by Gasteiger charge is 2.24. The molecule has 1 unspecified atom stereocenters. The Bertz CT molecular complexity index is 504. The molecular weight excluding hydrogens is 286 g/mol. The highest BCUT2D eigenvalue weighted by Crippen LogP contribution is 2.28. The van der Waals surface area contributed by atoms with Crippen molar-refractivity contribution in [2.75, 3.05) is 19.4 Å². The molecule has 0 spiro atoms. The summed E-state index contributed by atoms with van der Waals surface area (Å²) in [5.41, 5.74) is 0.789. The Morgan fingerprint density at radius 2 is 1.95 bits per heavy atom. The van der Waals surface area contributed by atoms with Gasteiger partial charge in [-0.05, 0) is 31.4 Å². The van der Waals surface area contributed by atoms with Crippen molar-refractivity contribution in [2.45, 2.75) is 25.8 Å². The fourth-order valence-corrected chi connectivity index (χ4v) is 3.54. The molecule has 6 heteroatoms. The first kappa shape index (κ1) is 16.4. The van der Waals surface area contributed by atoms with Gasteiger partial charge in [0.05, 0.1) is 5.75 Å². The van der Waals surface area contributed by atoms with Gasteiger partial charge in [-0.15, -0.1) is 0 Å². The van der Waals surface area contributed by atoms with Crippen LogP contribution in [0.4, 0.5) is 0 Å². The molecule has 0 aliphatic carbocycles. The van der Waals surface area contributed by atoms with E-state index in [1.54, 1.807) is 13.1 Å². The van der Waals surface area contributed by atoms with Crippen molar-refractivity contribution < 1.29 is 13.5 Å². The third-order valence-corrected chi connectivity index (χ3v) is 5.49. The number of nitrogens with zero attached hydrogens (tertiary/aromatic N) is 1. The van der Waals surface area contributed by atoms with Crippen LogP contribution in [-0.2, 0) is 10.0 Å². The third kappa shape index (κ3) is 4.45. The van der Waals surface area contributed by atoms with Crippen molar-refractivity contribution in [3.63, 3.8) is 0 Å². The average molecular weight is 306 g/mol. The van der Waals surface area contributed by atoms with Crippen molar-refractivity contribution in [1.29, 1.82) is 0 Å².